The Bertz CT molecular complexity index is 1120. The van der Waals surface area contributed by atoms with E-state index in [1.54, 1.807) is 18.7 Å². The number of rotatable bonds is 5. The summed E-state index contributed by atoms with van der Waals surface area (Å²) in [6.07, 6.45) is 7.69. The number of nitrogens with one attached hydrogen (secondary N) is 1. The molecular weight excluding hydrogens is 444 g/mol. The van der Waals surface area contributed by atoms with Crippen LogP contribution in [0.4, 0.5) is 5.69 Å². The van der Waals surface area contributed by atoms with Gasteiger partial charge in [0, 0.05) is 17.8 Å². The molecule has 1 fully saturated rings. The van der Waals surface area contributed by atoms with Gasteiger partial charge < -0.3 is 10.1 Å². The largest absolute Gasteiger partial charge is 0.461 e. The molecule has 188 valence electrons. The summed E-state index contributed by atoms with van der Waals surface area (Å²) in [6, 6.07) is 7.32. The van der Waals surface area contributed by atoms with Gasteiger partial charge in [0.15, 0.2) is 5.69 Å². The van der Waals surface area contributed by atoms with Crippen LogP contribution in [0.5, 0.6) is 0 Å². The van der Waals surface area contributed by atoms with E-state index in [9.17, 15) is 14.4 Å². The second-order valence-electron chi connectivity index (χ2n) is 9.99. The predicted octanol–water partition coefficient (Wildman–Crippen LogP) is 4.32. The minimum Gasteiger partial charge on any atom is -0.461 e. The van der Waals surface area contributed by atoms with Crippen LogP contribution in [0.15, 0.2) is 24.3 Å². The van der Waals surface area contributed by atoms with Gasteiger partial charge in [0.2, 0.25) is 5.91 Å². The zero-order chi connectivity index (χ0) is 25.2. The number of carbonyl (C=O) groups is 3. The van der Waals surface area contributed by atoms with Crippen molar-refractivity contribution in [1.82, 2.24) is 15.1 Å². The highest BCUT2D eigenvalue weighted by molar-refractivity contribution is 6.12. The van der Waals surface area contributed by atoms with Crippen molar-refractivity contribution in [3.05, 3.63) is 46.8 Å². The third-order valence-corrected chi connectivity index (χ3v) is 7.32. The molecule has 1 aromatic heterocycles. The molecule has 1 aromatic carbocycles. The summed E-state index contributed by atoms with van der Waals surface area (Å²) < 4.78 is 6.56. The zero-order valence-corrected chi connectivity index (χ0v) is 21.2. The highest BCUT2D eigenvalue weighted by Crippen LogP contribution is 2.34. The van der Waals surface area contributed by atoms with Crippen molar-refractivity contribution in [3.8, 4) is 0 Å². The van der Waals surface area contributed by atoms with Crippen molar-refractivity contribution in [2.45, 2.75) is 90.8 Å². The molecule has 0 saturated heterocycles. The van der Waals surface area contributed by atoms with Crippen molar-refractivity contribution in [3.63, 3.8) is 0 Å². The fraction of sp³-hybridized carbons (Fsp3) is 0.556. The van der Waals surface area contributed by atoms with Crippen molar-refractivity contribution >= 4 is 23.5 Å². The number of fused-ring (bicyclic) bond motifs is 1. The van der Waals surface area contributed by atoms with Gasteiger partial charge in [-0.1, -0.05) is 38.2 Å². The molecule has 1 N–H and O–H groups in total. The quantitative estimate of drug-likeness (QED) is 0.643. The van der Waals surface area contributed by atoms with E-state index in [0.717, 1.165) is 36.8 Å². The summed E-state index contributed by atoms with van der Waals surface area (Å²) in [7, 11) is 0. The number of esters is 1. The summed E-state index contributed by atoms with van der Waals surface area (Å²) in [5, 5.41) is 7.60. The number of aryl methyl sites for hydroxylation is 2. The normalized spacial score (nSPS) is 21.1. The second kappa shape index (κ2) is 10.2. The number of aromatic nitrogens is 2. The van der Waals surface area contributed by atoms with Gasteiger partial charge in [0.1, 0.15) is 11.2 Å². The van der Waals surface area contributed by atoms with Gasteiger partial charge in [-0.05, 0) is 63.8 Å². The number of benzene rings is 1. The van der Waals surface area contributed by atoms with E-state index in [1.807, 2.05) is 32.0 Å². The van der Waals surface area contributed by atoms with Gasteiger partial charge in [-0.2, -0.15) is 5.10 Å². The Morgan fingerprint density at radius 1 is 1.09 bits per heavy atom. The SMILES string of the molecule is CCOC(=O)c1cc2n(n1)C[C@](C)(C(=O)NC1CCCCCCC1)N(c1ccc(C)c(C)c1)C2=O. The van der Waals surface area contributed by atoms with E-state index < -0.39 is 11.5 Å². The molecule has 4 rings (SSSR count). The molecule has 1 aliphatic carbocycles. The molecule has 2 amide bonds. The van der Waals surface area contributed by atoms with E-state index in [0.29, 0.717) is 5.69 Å². The highest BCUT2D eigenvalue weighted by Gasteiger charge is 2.49. The zero-order valence-electron chi connectivity index (χ0n) is 21.2. The number of carbonyl (C=O) groups excluding carboxylic acids is 3. The van der Waals surface area contributed by atoms with Gasteiger partial charge in [-0.3, -0.25) is 19.2 Å². The van der Waals surface area contributed by atoms with E-state index in [4.69, 9.17) is 4.74 Å². The van der Waals surface area contributed by atoms with Gasteiger partial charge in [-0.25, -0.2) is 4.79 Å². The lowest BCUT2D eigenvalue weighted by atomic mass is 9.91. The second-order valence-corrected chi connectivity index (χ2v) is 9.99. The Kier molecular flexibility index (Phi) is 7.28. The maximum Gasteiger partial charge on any atom is 0.358 e. The van der Waals surface area contributed by atoms with E-state index >= 15 is 0 Å². The van der Waals surface area contributed by atoms with Crippen LogP contribution in [0.2, 0.25) is 0 Å². The van der Waals surface area contributed by atoms with Crippen molar-refractivity contribution in [1.29, 1.82) is 0 Å². The average Bonchev–Trinajstić information content (AvgIpc) is 3.22. The van der Waals surface area contributed by atoms with Crippen LogP contribution >= 0.6 is 0 Å². The third-order valence-electron chi connectivity index (χ3n) is 7.32. The van der Waals surface area contributed by atoms with Crippen LogP contribution in [-0.2, 0) is 16.1 Å². The lowest BCUT2D eigenvalue weighted by Gasteiger charge is -2.44. The van der Waals surface area contributed by atoms with Crippen LogP contribution in [0.25, 0.3) is 0 Å². The minimum atomic E-state index is -1.22. The molecule has 0 radical (unpaired) electrons. The first-order valence-electron chi connectivity index (χ1n) is 12.7. The van der Waals surface area contributed by atoms with Gasteiger partial charge in [0.25, 0.3) is 5.91 Å². The molecular formula is C27H36N4O4. The maximum absolute atomic E-state index is 13.9. The van der Waals surface area contributed by atoms with Crippen LogP contribution < -0.4 is 10.2 Å². The monoisotopic (exact) mass is 480 g/mol. The molecule has 0 unspecified atom stereocenters. The smallest absolute Gasteiger partial charge is 0.358 e. The van der Waals surface area contributed by atoms with E-state index in [-0.39, 0.29) is 42.4 Å². The Morgan fingerprint density at radius 2 is 1.77 bits per heavy atom. The molecule has 8 nitrogen and oxygen atoms in total. The number of ether oxygens (including phenoxy) is 1. The molecule has 0 bridgehead atoms. The van der Waals surface area contributed by atoms with Gasteiger partial charge in [-0.15, -0.1) is 0 Å². The highest BCUT2D eigenvalue weighted by atomic mass is 16.5. The van der Waals surface area contributed by atoms with Crippen LogP contribution in [0, 0.1) is 13.8 Å². The summed E-state index contributed by atoms with van der Waals surface area (Å²) in [5.41, 5.74) is 1.91. The summed E-state index contributed by atoms with van der Waals surface area (Å²) in [4.78, 5) is 41.6. The van der Waals surface area contributed by atoms with Crippen molar-refractivity contribution in [2.75, 3.05) is 11.5 Å². The lowest BCUT2D eigenvalue weighted by molar-refractivity contribution is -0.127. The first kappa shape index (κ1) is 24.9. The number of hydrogen-bond acceptors (Lipinski definition) is 5. The van der Waals surface area contributed by atoms with Crippen LogP contribution in [0.1, 0.15) is 90.9 Å². The van der Waals surface area contributed by atoms with Gasteiger partial charge >= 0.3 is 5.97 Å². The maximum atomic E-state index is 13.9. The van der Waals surface area contributed by atoms with Crippen LogP contribution in [0.3, 0.4) is 0 Å². The molecule has 1 saturated carbocycles. The van der Waals surface area contributed by atoms with Gasteiger partial charge in [0.05, 0.1) is 13.2 Å². The first-order chi connectivity index (χ1) is 16.7. The fourth-order valence-electron chi connectivity index (χ4n) is 5.10. The minimum absolute atomic E-state index is 0.0694. The van der Waals surface area contributed by atoms with Crippen LogP contribution in [-0.4, -0.2) is 45.8 Å². The third kappa shape index (κ3) is 4.97. The molecule has 2 heterocycles. The number of hydrogen-bond donors (Lipinski definition) is 1. The molecule has 2 aliphatic rings. The molecule has 2 aromatic rings. The van der Waals surface area contributed by atoms with E-state index in [1.165, 1.54) is 30.0 Å². The van der Waals surface area contributed by atoms with Crippen molar-refractivity contribution < 1.29 is 19.1 Å². The molecule has 0 spiro atoms. The fourth-order valence-corrected chi connectivity index (χ4v) is 5.10. The number of anilines is 1. The standard InChI is InChI=1S/C27H36N4O4/c1-5-35-25(33)22-16-23-24(32)31(21-14-13-18(2)19(3)15-21)27(4,17-30(23)29-22)26(34)28-20-11-9-7-6-8-10-12-20/h13-16,20H,5-12,17H2,1-4H3,(H,28,34)/t27-/m1/s1. The van der Waals surface area contributed by atoms with E-state index in [2.05, 4.69) is 10.4 Å². The summed E-state index contributed by atoms with van der Waals surface area (Å²) >= 11 is 0. The molecule has 1 atom stereocenters. The van der Waals surface area contributed by atoms with Crippen molar-refractivity contribution in [2.24, 2.45) is 0 Å². The number of nitrogens with zero attached hydrogens (tertiary/aromatic N) is 3. The Hall–Kier alpha value is -3.16. The molecule has 1 aliphatic heterocycles. The Labute approximate surface area is 207 Å². The topological polar surface area (TPSA) is 93.5 Å². The Morgan fingerprint density at radius 3 is 2.43 bits per heavy atom. The predicted molar refractivity (Wildman–Crippen MR) is 134 cm³/mol. The molecule has 8 heteroatoms. The Balaban J connectivity index is 1.73. The summed E-state index contributed by atoms with van der Waals surface area (Å²) in [6.45, 7) is 7.86. The lowest BCUT2D eigenvalue weighted by Crippen LogP contribution is -2.65. The molecule has 35 heavy (non-hydrogen) atoms. The average molecular weight is 481 g/mol. The number of amides is 2. The first-order valence-corrected chi connectivity index (χ1v) is 12.7. The summed E-state index contributed by atoms with van der Waals surface area (Å²) in [5.74, 6) is -1.15.